The quantitative estimate of drug-likeness (QED) is 0.680. The van der Waals surface area contributed by atoms with Gasteiger partial charge in [-0.3, -0.25) is 0 Å². The van der Waals surface area contributed by atoms with E-state index in [9.17, 15) is 4.79 Å². The SMILES string of the molecule is CCc1ccc2c(CNC(CO)CO)cc(=O)oc2c1. The molecule has 0 fully saturated rings. The molecular formula is C15H19NO4. The third kappa shape index (κ3) is 3.25. The molecule has 2 aromatic rings. The molecule has 0 spiro atoms. The predicted octanol–water partition coefficient (Wildman–Crippen LogP) is 0.798. The van der Waals surface area contributed by atoms with Crippen LogP contribution in [0.25, 0.3) is 11.0 Å². The fourth-order valence-corrected chi connectivity index (χ4v) is 2.08. The van der Waals surface area contributed by atoms with Crippen LogP contribution in [-0.2, 0) is 13.0 Å². The molecule has 0 saturated heterocycles. The second kappa shape index (κ2) is 6.65. The molecule has 0 radical (unpaired) electrons. The highest BCUT2D eigenvalue weighted by Gasteiger charge is 2.09. The Kier molecular flexibility index (Phi) is 4.89. The van der Waals surface area contributed by atoms with E-state index in [4.69, 9.17) is 14.6 Å². The van der Waals surface area contributed by atoms with Crippen LogP contribution < -0.4 is 10.9 Å². The van der Waals surface area contributed by atoms with Crippen LogP contribution in [0.5, 0.6) is 0 Å². The van der Waals surface area contributed by atoms with E-state index in [1.165, 1.54) is 6.07 Å². The molecule has 0 bridgehead atoms. The molecule has 1 heterocycles. The van der Waals surface area contributed by atoms with Crippen molar-refractivity contribution in [3.05, 3.63) is 45.8 Å². The van der Waals surface area contributed by atoms with Gasteiger partial charge in [0.25, 0.3) is 0 Å². The second-order valence-electron chi connectivity index (χ2n) is 4.72. The highest BCUT2D eigenvalue weighted by atomic mass is 16.4. The van der Waals surface area contributed by atoms with Crippen molar-refractivity contribution in [1.29, 1.82) is 0 Å². The molecule has 1 aromatic carbocycles. The summed E-state index contributed by atoms with van der Waals surface area (Å²) in [5.41, 5.74) is 2.07. The zero-order valence-corrected chi connectivity index (χ0v) is 11.4. The molecule has 5 heteroatoms. The zero-order chi connectivity index (χ0) is 14.5. The molecule has 0 atom stereocenters. The van der Waals surface area contributed by atoms with Crippen molar-refractivity contribution >= 4 is 11.0 Å². The van der Waals surface area contributed by atoms with Crippen LogP contribution >= 0.6 is 0 Å². The topological polar surface area (TPSA) is 82.7 Å². The third-order valence-corrected chi connectivity index (χ3v) is 3.32. The summed E-state index contributed by atoms with van der Waals surface area (Å²) < 4.78 is 5.22. The van der Waals surface area contributed by atoms with Crippen LogP contribution in [0.3, 0.4) is 0 Å². The van der Waals surface area contributed by atoms with Crippen molar-refractivity contribution in [2.24, 2.45) is 0 Å². The van der Waals surface area contributed by atoms with Crippen LogP contribution in [0.1, 0.15) is 18.1 Å². The van der Waals surface area contributed by atoms with Crippen LogP contribution in [0.15, 0.2) is 33.5 Å². The molecule has 20 heavy (non-hydrogen) atoms. The molecule has 0 unspecified atom stereocenters. The summed E-state index contributed by atoms with van der Waals surface area (Å²) in [4.78, 5) is 11.6. The maximum Gasteiger partial charge on any atom is 0.336 e. The van der Waals surface area contributed by atoms with Crippen molar-refractivity contribution in [1.82, 2.24) is 5.32 Å². The molecule has 0 aliphatic rings. The largest absolute Gasteiger partial charge is 0.423 e. The Hall–Kier alpha value is -1.69. The molecule has 0 saturated carbocycles. The van der Waals surface area contributed by atoms with Gasteiger partial charge < -0.3 is 19.9 Å². The lowest BCUT2D eigenvalue weighted by Gasteiger charge is -2.14. The fourth-order valence-electron chi connectivity index (χ4n) is 2.08. The van der Waals surface area contributed by atoms with E-state index in [0.717, 1.165) is 22.9 Å². The molecule has 0 aliphatic heterocycles. The number of nitrogens with one attached hydrogen (secondary N) is 1. The summed E-state index contributed by atoms with van der Waals surface area (Å²) >= 11 is 0. The number of rotatable bonds is 6. The number of hydrogen-bond acceptors (Lipinski definition) is 5. The normalized spacial score (nSPS) is 11.4. The van der Waals surface area contributed by atoms with Gasteiger partial charge >= 0.3 is 5.63 Å². The highest BCUT2D eigenvalue weighted by Crippen LogP contribution is 2.19. The summed E-state index contributed by atoms with van der Waals surface area (Å²) in [6.07, 6.45) is 0.874. The molecule has 3 N–H and O–H groups in total. The van der Waals surface area contributed by atoms with Crippen molar-refractivity contribution in [2.75, 3.05) is 13.2 Å². The summed E-state index contributed by atoms with van der Waals surface area (Å²) in [5, 5.41) is 21.9. The molecule has 108 valence electrons. The van der Waals surface area contributed by atoms with Crippen molar-refractivity contribution < 1.29 is 14.6 Å². The summed E-state index contributed by atoms with van der Waals surface area (Å²) in [6.45, 7) is 2.11. The van der Waals surface area contributed by atoms with Crippen LogP contribution in [0.4, 0.5) is 0 Å². The number of aliphatic hydroxyl groups excluding tert-OH is 2. The van der Waals surface area contributed by atoms with Gasteiger partial charge in [-0.15, -0.1) is 0 Å². The Morgan fingerprint density at radius 3 is 2.65 bits per heavy atom. The maximum absolute atomic E-state index is 11.6. The molecular weight excluding hydrogens is 258 g/mol. The third-order valence-electron chi connectivity index (χ3n) is 3.32. The van der Waals surface area contributed by atoms with Crippen molar-refractivity contribution in [3.8, 4) is 0 Å². The van der Waals surface area contributed by atoms with Gasteiger partial charge in [0.2, 0.25) is 0 Å². The average Bonchev–Trinajstić information content (AvgIpc) is 2.47. The van der Waals surface area contributed by atoms with E-state index < -0.39 is 11.7 Å². The molecule has 5 nitrogen and oxygen atoms in total. The number of aliphatic hydroxyl groups is 2. The zero-order valence-electron chi connectivity index (χ0n) is 11.4. The van der Waals surface area contributed by atoms with Crippen LogP contribution in [-0.4, -0.2) is 29.5 Å². The number of benzene rings is 1. The first kappa shape index (κ1) is 14.7. The van der Waals surface area contributed by atoms with Crippen molar-refractivity contribution in [2.45, 2.75) is 25.9 Å². The standard InChI is InChI=1S/C15H19NO4/c1-2-10-3-4-13-11(7-16-12(8-17)9-18)6-15(19)20-14(13)5-10/h3-6,12,16-18H,2,7-9H2,1H3. The second-order valence-corrected chi connectivity index (χ2v) is 4.72. The maximum atomic E-state index is 11.6. The van der Waals surface area contributed by atoms with Gasteiger partial charge in [0.15, 0.2) is 0 Å². The Balaban J connectivity index is 2.35. The van der Waals surface area contributed by atoms with Gasteiger partial charge in [-0.25, -0.2) is 4.79 Å². The average molecular weight is 277 g/mol. The Labute approximate surface area is 116 Å². The van der Waals surface area contributed by atoms with E-state index in [2.05, 4.69) is 5.32 Å². The first-order chi connectivity index (χ1) is 9.67. The van der Waals surface area contributed by atoms with Gasteiger partial charge in [-0.1, -0.05) is 19.1 Å². The Morgan fingerprint density at radius 2 is 2.00 bits per heavy atom. The van der Waals surface area contributed by atoms with Gasteiger partial charge in [0, 0.05) is 18.0 Å². The summed E-state index contributed by atoms with van der Waals surface area (Å²) in [5.74, 6) is 0. The lowest BCUT2D eigenvalue weighted by molar-refractivity contribution is 0.170. The monoisotopic (exact) mass is 277 g/mol. The molecule has 0 amide bonds. The molecule has 2 rings (SSSR count). The smallest absolute Gasteiger partial charge is 0.336 e. The number of aryl methyl sites for hydroxylation is 1. The van der Waals surface area contributed by atoms with Gasteiger partial charge in [-0.2, -0.15) is 0 Å². The summed E-state index contributed by atoms with van der Waals surface area (Å²) in [7, 11) is 0. The van der Waals surface area contributed by atoms with Crippen molar-refractivity contribution in [3.63, 3.8) is 0 Å². The number of fused-ring (bicyclic) bond motifs is 1. The lowest BCUT2D eigenvalue weighted by atomic mass is 10.1. The lowest BCUT2D eigenvalue weighted by Crippen LogP contribution is -2.35. The van der Waals surface area contributed by atoms with E-state index in [0.29, 0.717) is 12.1 Å². The van der Waals surface area contributed by atoms with E-state index >= 15 is 0 Å². The van der Waals surface area contributed by atoms with E-state index in [-0.39, 0.29) is 13.2 Å². The predicted molar refractivity (Wildman–Crippen MR) is 76.7 cm³/mol. The first-order valence-corrected chi connectivity index (χ1v) is 6.68. The van der Waals surface area contributed by atoms with E-state index in [1.54, 1.807) is 0 Å². The minimum Gasteiger partial charge on any atom is -0.423 e. The molecule has 1 aromatic heterocycles. The summed E-state index contributed by atoms with van der Waals surface area (Å²) in [6, 6.07) is 6.84. The van der Waals surface area contributed by atoms with Crippen LogP contribution in [0, 0.1) is 0 Å². The van der Waals surface area contributed by atoms with Gasteiger partial charge in [0.05, 0.1) is 19.3 Å². The fraction of sp³-hybridized carbons (Fsp3) is 0.400. The Morgan fingerprint density at radius 1 is 1.25 bits per heavy atom. The first-order valence-electron chi connectivity index (χ1n) is 6.68. The highest BCUT2D eigenvalue weighted by molar-refractivity contribution is 5.80. The minimum atomic E-state index is -0.396. The minimum absolute atomic E-state index is 0.157. The molecule has 0 aliphatic carbocycles. The Bertz CT molecular complexity index is 631. The van der Waals surface area contributed by atoms with Gasteiger partial charge in [-0.05, 0) is 23.6 Å². The van der Waals surface area contributed by atoms with Crippen LogP contribution in [0.2, 0.25) is 0 Å². The van der Waals surface area contributed by atoms with E-state index in [1.807, 2.05) is 25.1 Å². The number of hydrogen-bond donors (Lipinski definition) is 3. The van der Waals surface area contributed by atoms with Gasteiger partial charge in [0.1, 0.15) is 5.58 Å².